The van der Waals surface area contributed by atoms with Crippen molar-refractivity contribution < 1.29 is 4.39 Å². The van der Waals surface area contributed by atoms with Crippen molar-refractivity contribution in [1.29, 1.82) is 0 Å². The molecule has 2 N–H and O–H groups in total. The Kier molecular flexibility index (Phi) is 3.56. The third-order valence-corrected chi connectivity index (χ3v) is 3.21. The molecule has 0 atom stereocenters. The molecule has 0 saturated carbocycles. The summed E-state index contributed by atoms with van der Waals surface area (Å²) in [5, 5.41) is 0. The van der Waals surface area contributed by atoms with E-state index in [1.54, 1.807) is 12.1 Å². The zero-order valence-electron chi connectivity index (χ0n) is 11.2. The number of halogens is 1. The fraction of sp³-hybridized carbons (Fsp3) is 0.125. The van der Waals surface area contributed by atoms with Gasteiger partial charge in [0, 0.05) is 18.4 Å². The lowest BCUT2D eigenvalue weighted by molar-refractivity contribution is 0.632. The highest BCUT2D eigenvalue weighted by Crippen LogP contribution is 2.27. The van der Waals surface area contributed by atoms with Gasteiger partial charge >= 0.3 is 0 Å². The maximum absolute atomic E-state index is 13.2. The van der Waals surface area contributed by atoms with Crippen LogP contribution in [-0.2, 0) is 0 Å². The molecule has 0 bridgehead atoms. The first kappa shape index (κ1) is 13.1. The van der Waals surface area contributed by atoms with Crippen LogP contribution in [0, 0.1) is 12.7 Å². The molecule has 2 aromatic rings. The van der Waals surface area contributed by atoms with E-state index in [2.05, 4.69) is 6.58 Å². The summed E-state index contributed by atoms with van der Waals surface area (Å²) < 4.78 is 13.2. The van der Waals surface area contributed by atoms with Gasteiger partial charge in [-0.15, -0.1) is 0 Å². The van der Waals surface area contributed by atoms with Crippen molar-refractivity contribution in [2.45, 2.75) is 6.92 Å². The number of hydrogen-bond acceptors (Lipinski definition) is 2. The zero-order chi connectivity index (χ0) is 14.0. The van der Waals surface area contributed by atoms with Crippen molar-refractivity contribution in [2.75, 3.05) is 17.7 Å². The van der Waals surface area contributed by atoms with E-state index in [0.717, 1.165) is 22.5 Å². The molecule has 0 spiro atoms. The van der Waals surface area contributed by atoms with E-state index in [1.165, 1.54) is 6.07 Å². The van der Waals surface area contributed by atoms with Crippen molar-refractivity contribution in [2.24, 2.45) is 0 Å². The number of aryl methyl sites for hydroxylation is 1. The predicted molar refractivity (Wildman–Crippen MR) is 79.4 cm³/mol. The molecular formula is C16H17FN2. The molecule has 0 fully saturated rings. The van der Waals surface area contributed by atoms with E-state index in [9.17, 15) is 4.39 Å². The van der Waals surface area contributed by atoms with Gasteiger partial charge in [0.15, 0.2) is 0 Å². The summed E-state index contributed by atoms with van der Waals surface area (Å²) in [6.07, 6.45) is 0. The minimum atomic E-state index is -0.407. The molecule has 0 amide bonds. The number of rotatable bonds is 3. The smallest absolute Gasteiger partial charge is 0.146 e. The van der Waals surface area contributed by atoms with Crippen LogP contribution in [0.4, 0.5) is 15.8 Å². The van der Waals surface area contributed by atoms with Crippen LogP contribution >= 0.6 is 0 Å². The topological polar surface area (TPSA) is 29.3 Å². The van der Waals surface area contributed by atoms with E-state index in [-0.39, 0.29) is 5.69 Å². The fourth-order valence-electron chi connectivity index (χ4n) is 2.00. The van der Waals surface area contributed by atoms with E-state index in [1.807, 2.05) is 43.1 Å². The normalized spacial score (nSPS) is 10.3. The molecule has 0 aliphatic heterocycles. The van der Waals surface area contributed by atoms with Gasteiger partial charge in [-0.2, -0.15) is 0 Å². The van der Waals surface area contributed by atoms with Crippen LogP contribution in [0.25, 0.3) is 5.70 Å². The molecular weight excluding hydrogens is 239 g/mol. The third kappa shape index (κ3) is 2.60. The molecule has 0 saturated heterocycles. The van der Waals surface area contributed by atoms with E-state index in [4.69, 9.17) is 5.73 Å². The summed E-state index contributed by atoms with van der Waals surface area (Å²) in [6, 6.07) is 12.7. The SMILES string of the molecule is C=C(c1ccc(F)c(N)c1)N(C)c1ccccc1C. The Hall–Kier alpha value is -2.29. The van der Waals surface area contributed by atoms with Crippen LogP contribution in [0.5, 0.6) is 0 Å². The third-order valence-electron chi connectivity index (χ3n) is 3.21. The summed E-state index contributed by atoms with van der Waals surface area (Å²) in [7, 11) is 1.93. The van der Waals surface area contributed by atoms with Crippen LogP contribution < -0.4 is 10.6 Å². The molecule has 0 radical (unpaired) electrons. The largest absolute Gasteiger partial charge is 0.396 e. The van der Waals surface area contributed by atoms with Crippen LogP contribution in [0.1, 0.15) is 11.1 Å². The monoisotopic (exact) mass is 256 g/mol. The Morgan fingerprint density at radius 2 is 1.89 bits per heavy atom. The van der Waals surface area contributed by atoms with Crippen molar-refractivity contribution in [3.63, 3.8) is 0 Å². The van der Waals surface area contributed by atoms with Crippen molar-refractivity contribution in [3.8, 4) is 0 Å². The fourth-order valence-corrected chi connectivity index (χ4v) is 2.00. The summed E-state index contributed by atoms with van der Waals surface area (Å²) in [5.41, 5.74) is 9.54. The number of nitrogens with two attached hydrogens (primary N) is 1. The molecule has 2 aromatic carbocycles. The lowest BCUT2D eigenvalue weighted by atomic mass is 10.1. The van der Waals surface area contributed by atoms with Gasteiger partial charge in [-0.25, -0.2) is 4.39 Å². The molecule has 0 unspecified atom stereocenters. The average Bonchev–Trinajstić information content (AvgIpc) is 2.41. The Balaban J connectivity index is 2.34. The van der Waals surface area contributed by atoms with Gasteiger partial charge in [0.1, 0.15) is 5.82 Å². The Labute approximate surface area is 113 Å². The second-order valence-electron chi connectivity index (χ2n) is 4.53. The molecule has 2 rings (SSSR count). The first-order valence-corrected chi connectivity index (χ1v) is 6.04. The van der Waals surface area contributed by atoms with Crippen molar-refractivity contribution in [3.05, 3.63) is 66.0 Å². The molecule has 19 heavy (non-hydrogen) atoms. The number of hydrogen-bond donors (Lipinski definition) is 1. The minimum absolute atomic E-state index is 0.136. The minimum Gasteiger partial charge on any atom is -0.396 e. The number of nitrogens with zero attached hydrogens (tertiary/aromatic N) is 1. The average molecular weight is 256 g/mol. The van der Waals surface area contributed by atoms with Gasteiger partial charge in [-0.3, -0.25) is 0 Å². The summed E-state index contributed by atoms with van der Waals surface area (Å²) in [6.45, 7) is 6.10. The van der Waals surface area contributed by atoms with Crippen LogP contribution in [0.3, 0.4) is 0 Å². The lowest BCUT2D eigenvalue weighted by Gasteiger charge is -2.24. The molecule has 0 aliphatic rings. The summed E-state index contributed by atoms with van der Waals surface area (Å²) in [5.74, 6) is -0.407. The lowest BCUT2D eigenvalue weighted by Crippen LogP contribution is -2.15. The maximum atomic E-state index is 13.2. The number of benzene rings is 2. The van der Waals surface area contributed by atoms with Gasteiger partial charge in [0.2, 0.25) is 0 Å². The maximum Gasteiger partial charge on any atom is 0.146 e. The first-order valence-electron chi connectivity index (χ1n) is 6.04. The van der Waals surface area contributed by atoms with Gasteiger partial charge in [0.25, 0.3) is 0 Å². The van der Waals surface area contributed by atoms with E-state index in [0.29, 0.717) is 0 Å². The number of para-hydroxylation sites is 1. The Morgan fingerprint density at radius 1 is 1.21 bits per heavy atom. The van der Waals surface area contributed by atoms with E-state index >= 15 is 0 Å². The molecule has 0 heterocycles. The molecule has 3 heteroatoms. The van der Waals surface area contributed by atoms with Gasteiger partial charge in [-0.1, -0.05) is 24.8 Å². The highest BCUT2D eigenvalue weighted by molar-refractivity contribution is 5.79. The molecule has 98 valence electrons. The highest BCUT2D eigenvalue weighted by atomic mass is 19.1. The Morgan fingerprint density at radius 3 is 2.53 bits per heavy atom. The first-order chi connectivity index (χ1) is 9.00. The van der Waals surface area contributed by atoms with E-state index < -0.39 is 5.82 Å². The number of anilines is 2. The number of nitrogen functional groups attached to an aromatic ring is 1. The second kappa shape index (κ2) is 5.14. The van der Waals surface area contributed by atoms with Gasteiger partial charge in [-0.05, 0) is 42.3 Å². The van der Waals surface area contributed by atoms with Crippen molar-refractivity contribution in [1.82, 2.24) is 0 Å². The molecule has 2 nitrogen and oxygen atoms in total. The predicted octanol–water partition coefficient (Wildman–Crippen LogP) is 3.82. The van der Waals surface area contributed by atoms with Crippen molar-refractivity contribution >= 4 is 17.1 Å². The van der Waals surface area contributed by atoms with Crippen LogP contribution in [0.15, 0.2) is 49.0 Å². The van der Waals surface area contributed by atoms with Crippen LogP contribution in [-0.4, -0.2) is 7.05 Å². The Bertz CT molecular complexity index is 620. The zero-order valence-corrected chi connectivity index (χ0v) is 11.2. The molecule has 0 aliphatic carbocycles. The molecule has 0 aromatic heterocycles. The van der Waals surface area contributed by atoms with Crippen LogP contribution in [0.2, 0.25) is 0 Å². The summed E-state index contributed by atoms with van der Waals surface area (Å²) >= 11 is 0. The summed E-state index contributed by atoms with van der Waals surface area (Å²) in [4.78, 5) is 1.97. The standard InChI is InChI=1S/C16H17FN2/c1-11-6-4-5-7-16(11)19(3)12(2)13-8-9-14(17)15(18)10-13/h4-10H,2,18H2,1,3H3. The second-order valence-corrected chi connectivity index (χ2v) is 4.53. The quantitative estimate of drug-likeness (QED) is 0.846. The highest BCUT2D eigenvalue weighted by Gasteiger charge is 2.10. The van der Waals surface area contributed by atoms with Gasteiger partial charge < -0.3 is 10.6 Å². The van der Waals surface area contributed by atoms with Gasteiger partial charge in [0.05, 0.1) is 5.69 Å².